The molecule has 0 aliphatic heterocycles. The van der Waals surface area contributed by atoms with E-state index in [1.165, 1.54) is 11.1 Å². The molecule has 0 radical (unpaired) electrons. The normalized spacial score (nSPS) is 10.4. The number of carbonyl (C=O) groups is 1. The van der Waals surface area contributed by atoms with E-state index in [1.807, 2.05) is 32.0 Å². The highest BCUT2D eigenvalue weighted by molar-refractivity contribution is 5.77. The number of hydrogen-bond acceptors (Lipinski definition) is 2. The largest absolute Gasteiger partial charge is 0.483 e. The zero-order chi connectivity index (χ0) is 16.7. The van der Waals surface area contributed by atoms with Gasteiger partial charge >= 0.3 is 0 Å². The van der Waals surface area contributed by atoms with Crippen molar-refractivity contribution in [2.24, 2.45) is 0 Å². The van der Waals surface area contributed by atoms with Gasteiger partial charge in [-0.2, -0.15) is 0 Å². The average Bonchev–Trinajstić information content (AvgIpc) is 2.52. The molecular weight excluding hydrogens is 286 g/mol. The Bertz CT molecular complexity index is 664. The molecule has 0 aliphatic carbocycles. The second-order valence-corrected chi connectivity index (χ2v) is 6.00. The topological polar surface area (TPSA) is 38.3 Å². The number of amides is 1. The second-order valence-electron chi connectivity index (χ2n) is 6.00. The van der Waals surface area contributed by atoms with E-state index >= 15 is 0 Å². The lowest BCUT2D eigenvalue weighted by atomic mass is 10.1. The van der Waals surface area contributed by atoms with Gasteiger partial charge in [0.05, 0.1) is 0 Å². The Kier molecular flexibility index (Phi) is 6.21. The predicted octanol–water partition coefficient (Wildman–Crippen LogP) is 3.74. The van der Waals surface area contributed by atoms with Crippen molar-refractivity contribution in [3.63, 3.8) is 0 Å². The van der Waals surface area contributed by atoms with Gasteiger partial charge in [-0.15, -0.1) is 0 Å². The van der Waals surface area contributed by atoms with Gasteiger partial charge in [-0.1, -0.05) is 42.0 Å². The highest BCUT2D eigenvalue weighted by Crippen LogP contribution is 2.18. The third-order valence-corrected chi connectivity index (χ3v) is 3.75. The van der Waals surface area contributed by atoms with E-state index < -0.39 is 0 Å². The van der Waals surface area contributed by atoms with Crippen molar-refractivity contribution in [2.75, 3.05) is 13.2 Å². The minimum absolute atomic E-state index is 0.0642. The lowest BCUT2D eigenvalue weighted by Gasteiger charge is -2.10. The van der Waals surface area contributed by atoms with Crippen LogP contribution in [0.15, 0.2) is 42.5 Å². The lowest BCUT2D eigenvalue weighted by Crippen LogP contribution is -2.30. The SMILES string of the molecule is Cc1cccc(CCCNC(=O)COc2cc(C)ccc2C)c1. The molecule has 0 aromatic heterocycles. The summed E-state index contributed by atoms with van der Waals surface area (Å²) in [6.45, 7) is 6.82. The van der Waals surface area contributed by atoms with Crippen molar-refractivity contribution in [1.29, 1.82) is 0 Å². The quantitative estimate of drug-likeness (QED) is 0.791. The molecule has 0 aliphatic rings. The highest BCUT2D eigenvalue weighted by Gasteiger charge is 2.05. The molecule has 3 heteroatoms. The van der Waals surface area contributed by atoms with Gasteiger partial charge in [-0.3, -0.25) is 4.79 Å². The van der Waals surface area contributed by atoms with E-state index in [-0.39, 0.29) is 12.5 Å². The minimum Gasteiger partial charge on any atom is -0.483 e. The van der Waals surface area contributed by atoms with Crippen molar-refractivity contribution < 1.29 is 9.53 Å². The summed E-state index contributed by atoms with van der Waals surface area (Å²) in [6, 6.07) is 14.5. The van der Waals surface area contributed by atoms with Gasteiger partial charge in [0.25, 0.3) is 5.91 Å². The monoisotopic (exact) mass is 311 g/mol. The van der Waals surface area contributed by atoms with Crippen molar-refractivity contribution in [3.05, 3.63) is 64.7 Å². The number of ether oxygens (including phenoxy) is 1. The molecule has 2 rings (SSSR count). The summed E-state index contributed by atoms with van der Waals surface area (Å²) in [6.07, 6.45) is 1.90. The molecule has 122 valence electrons. The van der Waals surface area contributed by atoms with Gasteiger partial charge in [0.1, 0.15) is 5.75 Å². The Morgan fingerprint density at radius 3 is 2.61 bits per heavy atom. The molecule has 3 nitrogen and oxygen atoms in total. The fourth-order valence-electron chi connectivity index (χ4n) is 2.45. The molecule has 0 unspecified atom stereocenters. The number of hydrogen-bond donors (Lipinski definition) is 1. The van der Waals surface area contributed by atoms with Crippen LogP contribution in [0.25, 0.3) is 0 Å². The van der Waals surface area contributed by atoms with E-state index in [9.17, 15) is 4.79 Å². The van der Waals surface area contributed by atoms with Crippen LogP contribution in [-0.2, 0) is 11.2 Å². The van der Waals surface area contributed by atoms with E-state index in [0.717, 1.165) is 29.7 Å². The van der Waals surface area contributed by atoms with Crippen LogP contribution in [0.2, 0.25) is 0 Å². The smallest absolute Gasteiger partial charge is 0.257 e. The maximum absolute atomic E-state index is 11.8. The van der Waals surface area contributed by atoms with E-state index in [4.69, 9.17) is 4.74 Å². The molecule has 0 bridgehead atoms. The van der Waals surface area contributed by atoms with Crippen LogP contribution in [0.5, 0.6) is 5.75 Å². The standard InChI is InChI=1S/C20H25NO2/c1-15-6-4-7-18(12-15)8-5-11-21-20(22)14-23-19-13-16(2)9-10-17(19)3/h4,6-7,9-10,12-13H,5,8,11,14H2,1-3H3,(H,21,22). The molecule has 0 fully saturated rings. The van der Waals surface area contributed by atoms with Gasteiger partial charge in [-0.05, 0) is 56.4 Å². The Morgan fingerprint density at radius 1 is 1.04 bits per heavy atom. The van der Waals surface area contributed by atoms with Crippen molar-refractivity contribution in [2.45, 2.75) is 33.6 Å². The first-order valence-corrected chi connectivity index (χ1v) is 8.07. The minimum atomic E-state index is -0.0739. The zero-order valence-electron chi connectivity index (χ0n) is 14.2. The molecule has 2 aromatic carbocycles. The van der Waals surface area contributed by atoms with Gasteiger partial charge in [0, 0.05) is 6.54 Å². The Balaban J connectivity index is 1.68. The van der Waals surface area contributed by atoms with Gasteiger partial charge < -0.3 is 10.1 Å². The molecule has 0 atom stereocenters. The van der Waals surface area contributed by atoms with E-state index in [2.05, 4.69) is 36.5 Å². The maximum atomic E-state index is 11.8. The maximum Gasteiger partial charge on any atom is 0.257 e. The fourth-order valence-corrected chi connectivity index (χ4v) is 2.45. The summed E-state index contributed by atoms with van der Waals surface area (Å²) in [4.78, 5) is 11.8. The molecule has 1 N–H and O–H groups in total. The second kappa shape index (κ2) is 8.37. The van der Waals surface area contributed by atoms with E-state index in [0.29, 0.717) is 6.54 Å². The van der Waals surface area contributed by atoms with Crippen LogP contribution in [0.3, 0.4) is 0 Å². The summed E-state index contributed by atoms with van der Waals surface area (Å²) in [5, 5.41) is 2.91. The fraction of sp³-hybridized carbons (Fsp3) is 0.350. The third-order valence-electron chi connectivity index (χ3n) is 3.75. The lowest BCUT2D eigenvalue weighted by molar-refractivity contribution is -0.123. The van der Waals surface area contributed by atoms with Gasteiger partial charge in [0.15, 0.2) is 6.61 Å². The molecule has 1 amide bonds. The molecular formula is C20H25NO2. The van der Waals surface area contributed by atoms with Crippen LogP contribution < -0.4 is 10.1 Å². The molecule has 0 saturated heterocycles. The third kappa shape index (κ3) is 5.78. The van der Waals surface area contributed by atoms with Crippen molar-refractivity contribution in [1.82, 2.24) is 5.32 Å². The number of rotatable bonds is 7. The molecule has 0 heterocycles. The zero-order valence-corrected chi connectivity index (χ0v) is 14.2. The highest BCUT2D eigenvalue weighted by atomic mass is 16.5. The summed E-state index contributed by atoms with van der Waals surface area (Å²) in [7, 11) is 0. The Morgan fingerprint density at radius 2 is 1.83 bits per heavy atom. The van der Waals surface area contributed by atoms with Gasteiger partial charge in [-0.25, -0.2) is 0 Å². The molecule has 0 spiro atoms. The summed E-state index contributed by atoms with van der Waals surface area (Å²) in [5.74, 6) is 0.704. The van der Waals surface area contributed by atoms with Crippen molar-refractivity contribution in [3.8, 4) is 5.75 Å². The Hall–Kier alpha value is -2.29. The van der Waals surface area contributed by atoms with Crippen molar-refractivity contribution >= 4 is 5.91 Å². The predicted molar refractivity (Wildman–Crippen MR) is 93.9 cm³/mol. The van der Waals surface area contributed by atoms with Crippen LogP contribution >= 0.6 is 0 Å². The van der Waals surface area contributed by atoms with Gasteiger partial charge in [0.2, 0.25) is 0 Å². The summed E-state index contributed by atoms with van der Waals surface area (Å²) >= 11 is 0. The van der Waals surface area contributed by atoms with Crippen LogP contribution in [-0.4, -0.2) is 19.1 Å². The van der Waals surface area contributed by atoms with Crippen LogP contribution in [0, 0.1) is 20.8 Å². The number of benzene rings is 2. The number of carbonyl (C=O) groups excluding carboxylic acids is 1. The Labute approximate surface area is 138 Å². The number of aryl methyl sites for hydroxylation is 4. The van der Waals surface area contributed by atoms with E-state index in [1.54, 1.807) is 0 Å². The summed E-state index contributed by atoms with van der Waals surface area (Å²) in [5.41, 5.74) is 4.76. The van der Waals surface area contributed by atoms with Crippen LogP contribution in [0.4, 0.5) is 0 Å². The molecule has 2 aromatic rings. The molecule has 23 heavy (non-hydrogen) atoms. The average molecular weight is 311 g/mol. The summed E-state index contributed by atoms with van der Waals surface area (Å²) < 4.78 is 5.60. The molecule has 0 saturated carbocycles. The first-order valence-electron chi connectivity index (χ1n) is 8.07. The van der Waals surface area contributed by atoms with Crippen LogP contribution in [0.1, 0.15) is 28.7 Å². The first kappa shape index (κ1) is 17.1. The number of nitrogens with one attached hydrogen (secondary N) is 1. The first-order chi connectivity index (χ1) is 11.0.